The molecule has 2 heterocycles. The van der Waals surface area contributed by atoms with Crippen LogP contribution in [0.1, 0.15) is 49.5 Å². The van der Waals surface area contributed by atoms with Crippen molar-refractivity contribution in [2.75, 3.05) is 26.7 Å². The van der Waals surface area contributed by atoms with Crippen LogP contribution in [-0.2, 0) is 4.74 Å². The summed E-state index contributed by atoms with van der Waals surface area (Å²) in [7, 11) is 1.76. The number of hydrogen-bond acceptors (Lipinski definition) is 6. The summed E-state index contributed by atoms with van der Waals surface area (Å²) < 4.78 is 11.3. The molecule has 0 atom stereocenters. The highest BCUT2D eigenvalue weighted by Gasteiger charge is 2.27. The number of hydrogen-bond donors (Lipinski definition) is 0. The SMILES string of the molecule is Cc1ccc(-c2nnc(-c3ccc(C(=O)N4CCC(CN(C)C(=O)OC(C)(C)C)CC4)cc3)o2)cc1. The van der Waals surface area contributed by atoms with Gasteiger partial charge in [-0.1, -0.05) is 17.7 Å². The van der Waals surface area contributed by atoms with Crippen molar-refractivity contribution < 1.29 is 18.7 Å². The number of nitrogens with zero attached hydrogens (tertiary/aromatic N) is 4. The van der Waals surface area contributed by atoms with Crippen LogP contribution >= 0.6 is 0 Å². The average Bonchev–Trinajstić information content (AvgIpc) is 3.34. The molecule has 1 aromatic heterocycles. The molecule has 0 saturated carbocycles. The molecule has 2 aromatic carbocycles. The minimum atomic E-state index is -0.510. The lowest BCUT2D eigenvalue weighted by atomic mass is 9.96. The summed E-state index contributed by atoms with van der Waals surface area (Å²) in [6, 6.07) is 15.2. The highest BCUT2D eigenvalue weighted by atomic mass is 16.6. The van der Waals surface area contributed by atoms with Gasteiger partial charge in [-0.3, -0.25) is 4.79 Å². The third kappa shape index (κ3) is 6.30. The topological polar surface area (TPSA) is 88.8 Å². The first-order valence-electron chi connectivity index (χ1n) is 12.3. The van der Waals surface area contributed by atoms with Crippen molar-refractivity contribution in [3.05, 3.63) is 59.7 Å². The van der Waals surface area contributed by atoms with Gasteiger partial charge in [0.15, 0.2) is 0 Å². The molecular formula is C28H34N4O4. The number of piperidine rings is 1. The van der Waals surface area contributed by atoms with Gasteiger partial charge in [0.2, 0.25) is 11.8 Å². The van der Waals surface area contributed by atoms with E-state index >= 15 is 0 Å². The highest BCUT2D eigenvalue weighted by molar-refractivity contribution is 5.94. The largest absolute Gasteiger partial charge is 0.444 e. The Morgan fingerprint density at radius 1 is 0.972 bits per heavy atom. The predicted octanol–water partition coefficient (Wildman–Crippen LogP) is 5.43. The lowest BCUT2D eigenvalue weighted by molar-refractivity contribution is 0.0246. The van der Waals surface area contributed by atoms with E-state index in [0.717, 1.165) is 29.5 Å². The summed E-state index contributed by atoms with van der Waals surface area (Å²) in [5, 5.41) is 8.32. The van der Waals surface area contributed by atoms with Crippen molar-refractivity contribution in [2.24, 2.45) is 5.92 Å². The molecule has 0 unspecified atom stereocenters. The molecule has 1 fully saturated rings. The Hall–Kier alpha value is -3.68. The van der Waals surface area contributed by atoms with Crippen molar-refractivity contribution in [3.8, 4) is 22.9 Å². The average molecular weight is 491 g/mol. The van der Waals surface area contributed by atoms with E-state index in [0.29, 0.717) is 42.9 Å². The first-order valence-corrected chi connectivity index (χ1v) is 12.3. The fourth-order valence-corrected chi connectivity index (χ4v) is 4.21. The molecule has 0 N–H and O–H groups in total. The van der Waals surface area contributed by atoms with Gasteiger partial charge in [-0.15, -0.1) is 10.2 Å². The normalized spacial score (nSPS) is 14.5. The molecule has 8 nitrogen and oxygen atoms in total. The number of carbonyl (C=O) groups excluding carboxylic acids is 2. The zero-order valence-electron chi connectivity index (χ0n) is 21.7. The van der Waals surface area contributed by atoms with E-state index in [-0.39, 0.29) is 12.0 Å². The van der Waals surface area contributed by atoms with Crippen LogP contribution in [0.5, 0.6) is 0 Å². The van der Waals surface area contributed by atoms with Crippen LogP contribution in [-0.4, -0.2) is 64.3 Å². The predicted molar refractivity (Wildman–Crippen MR) is 137 cm³/mol. The number of amides is 2. The fraction of sp³-hybridized carbons (Fsp3) is 0.429. The van der Waals surface area contributed by atoms with Gasteiger partial charge in [0.05, 0.1) is 0 Å². The third-order valence-electron chi connectivity index (χ3n) is 6.24. The zero-order valence-corrected chi connectivity index (χ0v) is 21.7. The van der Waals surface area contributed by atoms with Gasteiger partial charge in [-0.05, 0) is 82.9 Å². The van der Waals surface area contributed by atoms with Crippen LogP contribution in [0.2, 0.25) is 0 Å². The lowest BCUT2D eigenvalue weighted by Gasteiger charge is -2.34. The molecule has 2 amide bonds. The van der Waals surface area contributed by atoms with Gasteiger partial charge in [0.1, 0.15) is 5.60 Å². The van der Waals surface area contributed by atoms with Crippen LogP contribution < -0.4 is 0 Å². The van der Waals surface area contributed by atoms with Gasteiger partial charge < -0.3 is 19.0 Å². The van der Waals surface area contributed by atoms with Crippen molar-refractivity contribution >= 4 is 12.0 Å². The summed E-state index contributed by atoms with van der Waals surface area (Å²) in [5.74, 6) is 1.23. The van der Waals surface area contributed by atoms with Gasteiger partial charge in [0, 0.05) is 43.4 Å². The zero-order chi connectivity index (χ0) is 25.9. The standard InChI is InChI=1S/C28H34N4O4/c1-19-6-8-21(9-7-19)24-29-30-25(35-24)22-10-12-23(13-11-22)26(33)32-16-14-20(15-17-32)18-31(5)27(34)36-28(2,3)4/h6-13,20H,14-18H2,1-5H3. The van der Waals surface area contributed by atoms with Crippen LogP contribution in [0, 0.1) is 12.8 Å². The van der Waals surface area contributed by atoms with E-state index < -0.39 is 5.60 Å². The fourth-order valence-electron chi connectivity index (χ4n) is 4.21. The molecule has 1 aliphatic heterocycles. The van der Waals surface area contributed by atoms with Gasteiger partial charge in [0.25, 0.3) is 5.91 Å². The molecule has 1 aliphatic rings. The Bertz CT molecular complexity index is 1190. The highest BCUT2D eigenvalue weighted by Crippen LogP contribution is 2.25. The number of ether oxygens (including phenoxy) is 1. The minimum Gasteiger partial charge on any atom is -0.444 e. The minimum absolute atomic E-state index is 0.00590. The smallest absolute Gasteiger partial charge is 0.410 e. The number of aryl methyl sites for hydroxylation is 1. The van der Waals surface area contributed by atoms with E-state index in [9.17, 15) is 9.59 Å². The van der Waals surface area contributed by atoms with Crippen molar-refractivity contribution in [1.82, 2.24) is 20.0 Å². The Balaban J connectivity index is 1.31. The Morgan fingerprint density at radius 2 is 1.50 bits per heavy atom. The number of benzene rings is 2. The maximum absolute atomic E-state index is 13.0. The quantitative estimate of drug-likeness (QED) is 0.474. The van der Waals surface area contributed by atoms with Crippen molar-refractivity contribution in [3.63, 3.8) is 0 Å². The summed E-state index contributed by atoms with van der Waals surface area (Å²) >= 11 is 0. The van der Waals surface area contributed by atoms with Gasteiger partial charge >= 0.3 is 6.09 Å². The van der Waals surface area contributed by atoms with E-state index in [1.807, 2.05) is 69.0 Å². The van der Waals surface area contributed by atoms with Crippen molar-refractivity contribution in [1.29, 1.82) is 0 Å². The molecule has 36 heavy (non-hydrogen) atoms. The number of likely N-dealkylation sites (tertiary alicyclic amines) is 1. The Morgan fingerprint density at radius 3 is 2.03 bits per heavy atom. The first kappa shape index (κ1) is 25.4. The first-order chi connectivity index (χ1) is 17.1. The maximum atomic E-state index is 13.0. The van der Waals surface area contributed by atoms with Crippen LogP contribution in [0.15, 0.2) is 52.9 Å². The van der Waals surface area contributed by atoms with Crippen LogP contribution in [0.3, 0.4) is 0 Å². The summed E-state index contributed by atoms with van der Waals surface area (Å²) in [6.45, 7) is 9.56. The molecular weight excluding hydrogens is 456 g/mol. The number of aromatic nitrogens is 2. The molecule has 0 radical (unpaired) electrons. The van der Waals surface area contributed by atoms with Gasteiger partial charge in [-0.2, -0.15) is 0 Å². The van der Waals surface area contributed by atoms with Gasteiger partial charge in [-0.25, -0.2) is 4.79 Å². The second-order valence-corrected chi connectivity index (χ2v) is 10.5. The number of rotatable bonds is 5. The van der Waals surface area contributed by atoms with E-state index in [1.54, 1.807) is 24.1 Å². The molecule has 0 aliphatic carbocycles. The molecule has 8 heteroatoms. The summed E-state index contributed by atoms with van der Waals surface area (Å²) in [5.41, 5.74) is 2.91. The monoisotopic (exact) mass is 490 g/mol. The van der Waals surface area contributed by atoms with E-state index in [4.69, 9.17) is 9.15 Å². The summed E-state index contributed by atoms with van der Waals surface area (Å²) in [6.07, 6.45) is 1.38. The molecule has 0 bridgehead atoms. The molecule has 3 aromatic rings. The van der Waals surface area contributed by atoms with E-state index in [2.05, 4.69) is 10.2 Å². The molecule has 4 rings (SSSR count). The molecule has 190 valence electrons. The second-order valence-electron chi connectivity index (χ2n) is 10.5. The molecule has 1 saturated heterocycles. The van der Waals surface area contributed by atoms with Crippen molar-refractivity contribution in [2.45, 2.75) is 46.1 Å². The van der Waals surface area contributed by atoms with E-state index in [1.165, 1.54) is 0 Å². The lowest BCUT2D eigenvalue weighted by Crippen LogP contribution is -2.43. The molecule has 0 spiro atoms. The Labute approximate surface area is 212 Å². The second kappa shape index (κ2) is 10.5. The Kier molecular flexibility index (Phi) is 7.43. The maximum Gasteiger partial charge on any atom is 0.410 e. The summed E-state index contributed by atoms with van der Waals surface area (Å²) in [4.78, 5) is 28.8. The number of carbonyl (C=O) groups is 2. The van der Waals surface area contributed by atoms with Crippen LogP contribution in [0.4, 0.5) is 4.79 Å². The van der Waals surface area contributed by atoms with Crippen LogP contribution in [0.25, 0.3) is 22.9 Å². The third-order valence-corrected chi connectivity index (χ3v) is 6.24.